The number of nitrogens with zero attached hydrogens (tertiary/aromatic N) is 3. The van der Waals surface area contributed by atoms with E-state index in [0.29, 0.717) is 10.9 Å². The summed E-state index contributed by atoms with van der Waals surface area (Å²) in [4.78, 5) is 11.6. The van der Waals surface area contributed by atoms with Crippen molar-refractivity contribution in [1.29, 1.82) is 5.26 Å². The smallest absolute Gasteiger partial charge is 0.268 e. The molecule has 0 radical (unpaired) electrons. The van der Waals surface area contributed by atoms with Crippen LogP contribution in [-0.4, -0.2) is 14.8 Å². The van der Waals surface area contributed by atoms with E-state index in [4.69, 9.17) is 5.26 Å². The first-order chi connectivity index (χ1) is 9.52. The summed E-state index contributed by atoms with van der Waals surface area (Å²) in [5.74, 6) is -0.0218. The molecule has 0 spiro atoms. The van der Waals surface area contributed by atoms with E-state index in [1.807, 2.05) is 13.8 Å². The number of nitrogens with one attached hydrogen (secondary N) is 1. The molecule has 1 N–H and O–H groups in total. The van der Waals surface area contributed by atoms with Crippen molar-refractivity contribution in [2.45, 2.75) is 30.8 Å². The number of hydrogen-bond acceptors (Lipinski definition) is 4. The Labute approximate surface area is 119 Å². The fraction of sp³-hybridized carbons (Fsp3) is 0.308. The molecule has 7 heteroatoms. The monoisotopic (exact) mass is 292 g/mol. The lowest BCUT2D eigenvalue weighted by Gasteiger charge is -2.08. The normalized spacial score (nSPS) is 10.8. The van der Waals surface area contributed by atoms with Crippen LogP contribution in [-0.2, 0) is 5.75 Å². The molecule has 2 rings (SSSR count). The fourth-order valence-electron chi connectivity index (χ4n) is 1.74. The molecular weight excluding hydrogens is 279 g/mol. The van der Waals surface area contributed by atoms with Gasteiger partial charge >= 0.3 is 5.69 Å². The summed E-state index contributed by atoms with van der Waals surface area (Å²) >= 11 is 1.36. The SMILES string of the molecule is CC(C)n1c(SCc2ccc(F)c(C#N)c2)n[nH]c1=O. The minimum absolute atomic E-state index is 0.00615. The summed E-state index contributed by atoms with van der Waals surface area (Å²) in [5, 5.41) is 15.7. The van der Waals surface area contributed by atoms with Crippen molar-refractivity contribution >= 4 is 11.8 Å². The van der Waals surface area contributed by atoms with E-state index in [1.54, 1.807) is 16.7 Å². The minimum atomic E-state index is -0.528. The zero-order chi connectivity index (χ0) is 14.7. The lowest BCUT2D eigenvalue weighted by molar-refractivity contribution is 0.534. The molecule has 0 unspecified atom stereocenters. The van der Waals surface area contributed by atoms with Crippen LogP contribution < -0.4 is 5.69 Å². The maximum absolute atomic E-state index is 13.2. The van der Waals surface area contributed by atoms with Crippen LogP contribution in [0.2, 0.25) is 0 Å². The summed E-state index contributed by atoms with van der Waals surface area (Å²) in [6.45, 7) is 3.79. The Morgan fingerprint density at radius 2 is 2.30 bits per heavy atom. The van der Waals surface area contributed by atoms with Crippen LogP contribution in [0.1, 0.15) is 31.0 Å². The third-order valence-corrected chi connectivity index (χ3v) is 3.73. The molecule has 0 bridgehead atoms. The van der Waals surface area contributed by atoms with Gasteiger partial charge in [0.25, 0.3) is 0 Å². The van der Waals surface area contributed by atoms with E-state index in [0.717, 1.165) is 5.56 Å². The van der Waals surface area contributed by atoms with Gasteiger partial charge in [0.1, 0.15) is 11.9 Å². The Hall–Kier alpha value is -2.07. The van der Waals surface area contributed by atoms with E-state index >= 15 is 0 Å². The Morgan fingerprint density at radius 1 is 1.55 bits per heavy atom. The number of thioether (sulfide) groups is 1. The van der Waals surface area contributed by atoms with Crippen LogP contribution in [0.4, 0.5) is 4.39 Å². The molecule has 0 aliphatic heterocycles. The lowest BCUT2D eigenvalue weighted by atomic mass is 10.1. The quantitative estimate of drug-likeness (QED) is 0.878. The van der Waals surface area contributed by atoms with Gasteiger partial charge in [0.05, 0.1) is 5.56 Å². The second-order valence-corrected chi connectivity index (χ2v) is 5.43. The molecule has 0 amide bonds. The highest BCUT2D eigenvalue weighted by atomic mass is 32.2. The molecule has 0 atom stereocenters. The molecule has 5 nitrogen and oxygen atoms in total. The molecule has 0 fully saturated rings. The molecule has 20 heavy (non-hydrogen) atoms. The summed E-state index contributed by atoms with van der Waals surface area (Å²) in [5.41, 5.74) is 0.574. The number of aromatic amines is 1. The molecule has 1 aromatic carbocycles. The number of nitriles is 1. The van der Waals surface area contributed by atoms with Crippen molar-refractivity contribution in [2.75, 3.05) is 0 Å². The number of hydrogen-bond donors (Lipinski definition) is 1. The van der Waals surface area contributed by atoms with Crippen LogP contribution >= 0.6 is 11.8 Å². The van der Waals surface area contributed by atoms with Crippen LogP contribution in [0, 0.1) is 17.1 Å². The van der Waals surface area contributed by atoms with Crippen molar-refractivity contribution in [3.05, 3.63) is 45.6 Å². The second-order valence-electron chi connectivity index (χ2n) is 4.49. The van der Waals surface area contributed by atoms with Gasteiger partial charge in [-0.25, -0.2) is 14.3 Å². The number of halogens is 1. The van der Waals surface area contributed by atoms with Gasteiger partial charge in [-0.2, -0.15) is 5.26 Å². The Bertz CT molecular complexity index is 714. The first kappa shape index (κ1) is 14.3. The van der Waals surface area contributed by atoms with Crippen molar-refractivity contribution < 1.29 is 4.39 Å². The molecule has 104 valence electrons. The van der Waals surface area contributed by atoms with Gasteiger partial charge in [0, 0.05) is 11.8 Å². The molecule has 2 aromatic rings. The summed E-state index contributed by atoms with van der Waals surface area (Å²) in [7, 11) is 0. The van der Waals surface area contributed by atoms with Crippen LogP contribution in [0.15, 0.2) is 28.2 Å². The highest BCUT2D eigenvalue weighted by Gasteiger charge is 2.12. The van der Waals surface area contributed by atoms with Gasteiger partial charge in [-0.15, -0.1) is 5.10 Å². The zero-order valence-electron chi connectivity index (χ0n) is 11.1. The van der Waals surface area contributed by atoms with Gasteiger partial charge < -0.3 is 0 Å². The highest BCUT2D eigenvalue weighted by Crippen LogP contribution is 2.22. The third kappa shape index (κ3) is 2.91. The fourth-order valence-corrected chi connectivity index (χ4v) is 2.76. The third-order valence-electron chi connectivity index (χ3n) is 2.71. The lowest BCUT2D eigenvalue weighted by Crippen LogP contribution is -2.19. The minimum Gasteiger partial charge on any atom is -0.268 e. The van der Waals surface area contributed by atoms with Crippen LogP contribution in [0.25, 0.3) is 0 Å². The van der Waals surface area contributed by atoms with Crippen LogP contribution in [0.3, 0.4) is 0 Å². The van der Waals surface area contributed by atoms with Crippen LogP contribution in [0.5, 0.6) is 0 Å². The Balaban J connectivity index is 2.18. The average molecular weight is 292 g/mol. The number of rotatable bonds is 4. The van der Waals surface area contributed by atoms with E-state index in [-0.39, 0.29) is 17.3 Å². The predicted octanol–water partition coefficient (Wildman–Crippen LogP) is 2.46. The van der Waals surface area contributed by atoms with Gasteiger partial charge in [-0.1, -0.05) is 17.8 Å². The number of H-pyrrole nitrogens is 1. The molecule has 1 heterocycles. The average Bonchev–Trinajstić information content (AvgIpc) is 2.79. The molecule has 1 aromatic heterocycles. The second kappa shape index (κ2) is 5.92. The first-order valence-electron chi connectivity index (χ1n) is 6.01. The van der Waals surface area contributed by atoms with Gasteiger partial charge in [0.15, 0.2) is 5.16 Å². The zero-order valence-corrected chi connectivity index (χ0v) is 11.9. The van der Waals surface area contributed by atoms with Gasteiger partial charge in [0.2, 0.25) is 0 Å². The highest BCUT2D eigenvalue weighted by molar-refractivity contribution is 7.98. The number of benzene rings is 1. The molecule has 0 saturated heterocycles. The summed E-state index contributed by atoms with van der Waals surface area (Å²) in [6.07, 6.45) is 0. The maximum atomic E-state index is 13.2. The van der Waals surface area contributed by atoms with E-state index in [1.165, 1.54) is 23.9 Å². The topological polar surface area (TPSA) is 74.5 Å². The summed E-state index contributed by atoms with van der Waals surface area (Å²) in [6, 6.07) is 6.21. The van der Waals surface area contributed by atoms with Gasteiger partial charge in [-0.3, -0.25) is 4.57 Å². The van der Waals surface area contributed by atoms with Crippen molar-refractivity contribution in [2.24, 2.45) is 0 Å². The Morgan fingerprint density at radius 3 is 2.95 bits per heavy atom. The Kier molecular flexibility index (Phi) is 4.25. The largest absolute Gasteiger partial charge is 0.344 e. The maximum Gasteiger partial charge on any atom is 0.344 e. The standard InChI is InChI=1S/C13H13FN4OS/c1-8(2)18-12(19)16-17-13(18)20-7-9-3-4-11(14)10(5-9)6-15/h3-5,8H,7H2,1-2H3,(H,16,19). The molecule has 0 aliphatic carbocycles. The first-order valence-corrected chi connectivity index (χ1v) is 6.99. The summed E-state index contributed by atoms with van der Waals surface area (Å²) < 4.78 is 14.8. The predicted molar refractivity (Wildman–Crippen MR) is 73.9 cm³/mol. The van der Waals surface area contributed by atoms with E-state index in [9.17, 15) is 9.18 Å². The van der Waals surface area contributed by atoms with Crippen molar-refractivity contribution in [3.8, 4) is 6.07 Å². The van der Waals surface area contributed by atoms with Crippen molar-refractivity contribution in [1.82, 2.24) is 14.8 Å². The van der Waals surface area contributed by atoms with E-state index in [2.05, 4.69) is 10.2 Å². The molecule has 0 saturated carbocycles. The number of aromatic nitrogens is 3. The molecule has 0 aliphatic rings. The van der Waals surface area contributed by atoms with E-state index < -0.39 is 5.82 Å². The van der Waals surface area contributed by atoms with Gasteiger partial charge in [-0.05, 0) is 31.5 Å². The molecular formula is C13H13FN4OS. The van der Waals surface area contributed by atoms with Crippen molar-refractivity contribution in [3.63, 3.8) is 0 Å².